The highest BCUT2D eigenvalue weighted by Crippen LogP contribution is 2.34. The highest BCUT2D eigenvalue weighted by atomic mass is 15.2. The van der Waals surface area contributed by atoms with Gasteiger partial charge in [0.1, 0.15) is 0 Å². The molecule has 2 nitrogen and oxygen atoms in total. The van der Waals surface area contributed by atoms with Crippen LogP contribution in [0.15, 0.2) is 109 Å². The molecule has 0 aliphatic carbocycles. The molecule has 0 spiro atoms. The van der Waals surface area contributed by atoms with Gasteiger partial charge in [-0.15, -0.1) is 9.15 Å². The summed E-state index contributed by atoms with van der Waals surface area (Å²) in [6, 6.07) is 39.0. The van der Waals surface area contributed by atoms with Crippen molar-refractivity contribution in [3.8, 4) is 0 Å². The summed E-state index contributed by atoms with van der Waals surface area (Å²) in [7, 11) is 0. The van der Waals surface area contributed by atoms with Crippen LogP contribution in [0.3, 0.4) is 0 Å². The summed E-state index contributed by atoms with van der Waals surface area (Å²) in [5.41, 5.74) is 7.87. The number of rotatable bonds is 6. The number of benzene rings is 4. The van der Waals surface area contributed by atoms with Gasteiger partial charge in [-0.3, -0.25) is 0 Å². The minimum absolute atomic E-state index is 0.323. The van der Waals surface area contributed by atoms with Crippen LogP contribution in [-0.4, -0.2) is 28.2 Å². The molecule has 0 saturated carbocycles. The average molecular weight is 431 g/mol. The van der Waals surface area contributed by atoms with Crippen molar-refractivity contribution in [1.29, 1.82) is 0 Å². The predicted octanol–water partition coefficient (Wildman–Crippen LogP) is 7.09. The Labute approximate surface area is 196 Å². The lowest BCUT2D eigenvalue weighted by Gasteiger charge is -2.13. The second-order valence-electron chi connectivity index (χ2n) is 8.74. The lowest BCUT2D eigenvalue weighted by atomic mass is 9.92. The van der Waals surface area contributed by atoms with Crippen LogP contribution in [-0.2, 0) is 0 Å². The van der Waals surface area contributed by atoms with E-state index in [1.165, 1.54) is 33.6 Å². The van der Waals surface area contributed by atoms with Gasteiger partial charge in [-0.1, -0.05) is 111 Å². The summed E-state index contributed by atoms with van der Waals surface area (Å²) in [5.74, 6) is 0.652. The van der Waals surface area contributed by atoms with Crippen molar-refractivity contribution in [2.75, 3.05) is 6.54 Å². The van der Waals surface area contributed by atoms with Crippen LogP contribution in [0.4, 0.5) is 11.4 Å². The Morgan fingerprint density at radius 2 is 1.00 bits per heavy atom. The summed E-state index contributed by atoms with van der Waals surface area (Å²) in [6.07, 6.45) is 4.52. The molecule has 2 heteroatoms. The van der Waals surface area contributed by atoms with Crippen LogP contribution < -0.4 is 0 Å². The Kier molecular flexibility index (Phi) is 5.99. The maximum Gasteiger partial charge on any atom is 0.413 e. The molecule has 4 aromatic rings. The quantitative estimate of drug-likeness (QED) is 0.288. The first-order valence-electron chi connectivity index (χ1n) is 11.7. The smallest absolute Gasteiger partial charge is 0.132 e. The van der Waals surface area contributed by atoms with Crippen molar-refractivity contribution >= 4 is 23.9 Å². The van der Waals surface area contributed by atoms with E-state index in [1.54, 1.807) is 0 Å². The van der Waals surface area contributed by atoms with E-state index >= 15 is 0 Å². The van der Waals surface area contributed by atoms with Crippen molar-refractivity contribution in [3.63, 3.8) is 0 Å². The van der Waals surface area contributed by atoms with Gasteiger partial charge in [-0.2, -0.15) is 0 Å². The minimum atomic E-state index is 0.323. The average Bonchev–Trinajstić information content (AvgIpc) is 3.39. The fourth-order valence-electron chi connectivity index (χ4n) is 4.79. The molecule has 1 aliphatic rings. The molecule has 0 unspecified atom stereocenters. The third-order valence-corrected chi connectivity index (χ3v) is 6.73. The molecular formula is C31H30N2+2. The van der Waals surface area contributed by atoms with Gasteiger partial charge in [0.05, 0.1) is 0 Å². The maximum atomic E-state index is 2.36. The Balaban J connectivity index is 1.49. The van der Waals surface area contributed by atoms with Crippen LogP contribution in [0.1, 0.15) is 47.9 Å². The number of hydrogen-bond donors (Lipinski definition) is 0. The van der Waals surface area contributed by atoms with Crippen LogP contribution >= 0.6 is 0 Å². The van der Waals surface area contributed by atoms with Crippen LogP contribution in [0.2, 0.25) is 0 Å². The Morgan fingerprint density at radius 3 is 1.58 bits per heavy atom. The second-order valence-corrected chi connectivity index (χ2v) is 8.74. The first kappa shape index (κ1) is 21.1. The van der Waals surface area contributed by atoms with Crippen molar-refractivity contribution in [3.05, 3.63) is 131 Å². The van der Waals surface area contributed by atoms with Gasteiger partial charge in [0.25, 0.3) is 0 Å². The van der Waals surface area contributed by atoms with E-state index in [2.05, 4.69) is 145 Å². The topological polar surface area (TPSA) is 6.02 Å². The third-order valence-electron chi connectivity index (χ3n) is 6.73. The fourth-order valence-corrected chi connectivity index (χ4v) is 4.79. The molecule has 5 rings (SSSR count). The second kappa shape index (κ2) is 9.38. The molecule has 0 N–H and O–H groups in total. The van der Waals surface area contributed by atoms with Crippen molar-refractivity contribution < 1.29 is 9.15 Å². The molecule has 1 heterocycles. The van der Waals surface area contributed by atoms with Gasteiger partial charge in [-0.05, 0) is 11.1 Å². The molecule has 0 radical (unpaired) electrons. The van der Waals surface area contributed by atoms with E-state index in [0.717, 1.165) is 6.54 Å². The van der Waals surface area contributed by atoms with Gasteiger partial charge in [0.15, 0.2) is 0 Å². The maximum absolute atomic E-state index is 2.36. The van der Waals surface area contributed by atoms with Crippen LogP contribution in [0.25, 0.3) is 0 Å². The van der Waals surface area contributed by atoms with Crippen LogP contribution in [0.5, 0.6) is 0 Å². The van der Waals surface area contributed by atoms with Gasteiger partial charge in [-0.25, -0.2) is 0 Å². The molecule has 0 aromatic heterocycles. The van der Waals surface area contributed by atoms with E-state index < -0.39 is 0 Å². The molecule has 0 saturated heterocycles. The lowest BCUT2D eigenvalue weighted by molar-refractivity contribution is -0.445. The molecule has 33 heavy (non-hydrogen) atoms. The Bertz CT molecular complexity index is 1300. The summed E-state index contributed by atoms with van der Waals surface area (Å²) in [4.78, 5) is 0. The SMILES string of the molecule is C[C@@H](c1ccccc1)c1ccccc1[N+]1=CC[N+](c2ccccc2[C@@H](C)c2ccccc2)=C1. The molecular weight excluding hydrogens is 400 g/mol. The van der Waals surface area contributed by atoms with Crippen molar-refractivity contribution in [1.82, 2.24) is 0 Å². The molecule has 4 aromatic carbocycles. The summed E-state index contributed by atoms with van der Waals surface area (Å²) < 4.78 is 4.65. The Morgan fingerprint density at radius 1 is 0.545 bits per heavy atom. The largest absolute Gasteiger partial charge is 0.413 e. The van der Waals surface area contributed by atoms with Gasteiger partial charge < -0.3 is 0 Å². The number of para-hydroxylation sites is 2. The zero-order chi connectivity index (χ0) is 22.6. The van der Waals surface area contributed by atoms with E-state index in [-0.39, 0.29) is 0 Å². The minimum Gasteiger partial charge on any atom is -0.132 e. The normalized spacial score (nSPS) is 15.0. The molecule has 0 amide bonds. The predicted molar refractivity (Wildman–Crippen MR) is 138 cm³/mol. The van der Waals surface area contributed by atoms with Crippen molar-refractivity contribution in [2.24, 2.45) is 0 Å². The number of hydrogen-bond acceptors (Lipinski definition) is 0. The van der Waals surface area contributed by atoms with E-state index in [4.69, 9.17) is 0 Å². The highest BCUT2D eigenvalue weighted by Gasteiger charge is 2.30. The molecule has 2 atom stereocenters. The first-order chi connectivity index (χ1) is 16.2. The standard InChI is InChI=1S/C31H30N2/c1-24(26-13-5-3-6-14-26)28-17-9-11-19-30(28)32-21-22-33(23-32)31-20-12-10-18-29(31)25(2)27-15-7-4-8-16-27/h3-21,23-25H,22H2,1-2H3/q+2/t24-,25-/m0/s1. The highest BCUT2D eigenvalue weighted by molar-refractivity contribution is 5.69. The number of nitrogens with zero attached hydrogens (tertiary/aromatic N) is 2. The summed E-state index contributed by atoms with van der Waals surface area (Å²) in [5, 5.41) is 0. The van der Waals surface area contributed by atoms with E-state index in [1.807, 2.05) is 0 Å². The lowest BCUT2D eigenvalue weighted by Crippen LogP contribution is -2.10. The fraction of sp³-hybridized carbons (Fsp3) is 0.161. The van der Waals surface area contributed by atoms with Crippen LogP contribution in [0, 0.1) is 0 Å². The molecule has 1 aliphatic heterocycles. The molecule has 0 bridgehead atoms. The zero-order valence-corrected chi connectivity index (χ0v) is 19.3. The van der Waals surface area contributed by atoms with E-state index in [0.29, 0.717) is 11.8 Å². The first-order valence-corrected chi connectivity index (χ1v) is 11.7. The molecule has 0 fully saturated rings. The Hall–Kier alpha value is -3.78. The van der Waals surface area contributed by atoms with Crippen molar-refractivity contribution in [2.45, 2.75) is 25.7 Å². The third kappa shape index (κ3) is 4.29. The zero-order valence-electron chi connectivity index (χ0n) is 19.3. The molecule has 162 valence electrons. The summed E-state index contributed by atoms with van der Waals surface area (Å²) in [6.45, 7) is 5.44. The van der Waals surface area contributed by atoms with E-state index in [9.17, 15) is 0 Å². The van der Waals surface area contributed by atoms with Gasteiger partial charge in [0.2, 0.25) is 24.1 Å². The van der Waals surface area contributed by atoms with Gasteiger partial charge >= 0.3 is 6.34 Å². The summed E-state index contributed by atoms with van der Waals surface area (Å²) >= 11 is 0. The van der Waals surface area contributed by atoms with Gasteiger partial charge in [0, 0.05) is 35.1 Å². The monoisotopic (exact) mass is 430 g/mol.